The minimum atomic E-state index is -0.397. The number of amides is 1. The number of likely N-dealkylation sites (tertiary alicyclic amines) is 1. The van der Waals surface area contributed by atoms with Gasteiger partial charge in [-0.1, -0.05) is 18.2 Å². The molecule has 4 nitrogen and oxygen atoms in total. The van der Waals surface area contributed by atoms with Gasteiger partial charge < -0.3 is 14.5 Å². The van der Waals surface area contributed by atoms with Crippen LogP contribution in [0.3, 0.4) is 0 Å². The van der Waals surface area contributed by atoms with E-state index >= 15 is 0 Å². The first-order valence-corrected chi connectivity index (χ1v) is 11.3. The van der Waals surface area contributed by atoms with Gasteiger partial charge in [-0.25, -0.2) is 4.39 Å². The summed E-state index contributed by atoms with van der Waals surface area (Å²) in [6.45, 7) is 2.74. The molecule has 2 aliphatic rings. The first-order valence-electron chi connectivity index (χ1n) is 10.5. The lowest BCUT2D eigenvalue weighted by Crippen LogP contribution is -2.48. The Kier molecular flexibility index (Phi) is 6.23. The maximum atomic E-state index is 14.2. The summed E-state index contributed by atoms with van der Waals surface area (Å²) in [5.41, 5.74) is 1.25. The minimum Gasteiger partial charge on any atom is -0.369 e. The van der Waals surface area contributed by atoms with Gasteiger partial charge in [-0.2, -0.15) is 4.39 Å². The molecule has 1 amide bonds. The van der Waals surface area contributed by atoms with Crippen molar-refractivity contribution in [3.05, 3.63) is 57.3 Å². The molecule has 0 N–H and O–H groups in total. The molecular formula is C23H28F2N2O2S. The van der Waals surface area contributed by atoms with E-state index in [9.17, 15) is 13.6 Å². The molecule has 3 heterocycles. The van der Waals surface area contributed by atoms with Gasteiger partial charge in [0.2, 0.25) is 5.91 Å². The average molecular weight is 435 g/mol. The number of rotatable bonds is 5. The van der Waals surface area contributed by atoms with Crippen molar-refractivity contribution < 1.29 is 18.3 Å². The predicted molar refractivity (Wildman–Crippen MR) is 114 cm³/mol. The van der Waals surface area contributed by atoms with E-state index in [4.69, 9.17) is 4.74 Å². The Morgan fingerprint density at radius 1 is 1.27 bits per heavy atom. The van der Waals surface area contributed by atoms with E-state index in [0.717, 1.165) is 42.8 Å². The van der Waals surface area contributed by atoms with Gasteiger partial charge in [-0.05, 0) is 48.9 Å². The third-order valence-corrected chi connectivity index (χ3v) is 7.45. The van der Waals surface area contributed by atoms with E-state index in [-0.39, 0.29) is 22.8 Å². The van der Waals surface area contributed by atoms with Gasteiger partial charge >= 0.3 is 0 Å². The number of carbonyl (C=O) groups is 1. The summed E-state index contributed by atoms with van der Waals surface area (Å²) in [7, 11) is 3.48. The summed E-state index contributed by atoms with van der Waals surface area (Å²) in [4.78, 5) is 17.7. The number of piperidine rings is 1. The van der Waals surface area contributed by atoms with Crippen molar-refractivity contribution in [2.24, 2.45) is 5.92 Å². The van der Waals surface area contributed by atoms with Crippen LogP contribution in [0.1, 0.15) is 28.8 Å². The number of benzene rings is 1. The second-order valence-electron chi connectivity index (χ2n) is 8.52. The summed E-state index contributed by atoms with van der Waals surface area (Å²) in [5, 5.41) is -0.145. The molecule has 4 rings (SSSR count). The van der Waals surface area contributed by atoms with Gasteiger partial charge in [0.15, 0.2) is 5.13 Å². The molecule has 0 aliphatic carbocycles. The highest BCUT2D eigenvalue weighted by Crippen LogP contribution is 2.45. The number of fused-ring (bicyclic) bond motifs is 2. The van der Waals surface area contributed by atoms with Gasteiger partial charge in [-0.3, -0.25) is 4.79 Å². The molecule has 0 bridgehead atoms. The lowest BCUT2D eigenvalue weighted by atomic mass is 9.85. The van der Waals surface area contributed by atoms with E-state index in [2.05, 4.69) is 4.90 Å². The molecule has 2 aliphatic heterocycles. The molecule has 1 aromatic carbocycles. The number of nitrogens with zero attached hydrogens (tertiary/aromatic N) is 2. The van der Waals surface area contributed by atoms with E-state index < -0.39 is 5.60 Å². The molecular weight excluding hydrogens is 406 g/mol. The smallest absolute Gasteiger partial charge is 0.226 e. The van der Waals surface area contributed by atoms with Gasteiger partial charge in [-0.15, -0.1) is 11.3 Å². The van der Waals surface area contributed by atoms with Gasteiger partial charge in [0.1, 0.15) is 11.4 Å². The quantitative estimate of drug-likeness (QED) is 0.717. The summed E-state index contributed by atoms with van der Waals surface area (Å²) in [5.74, 6) is -0.572. The van der Waals surface area contributed by atoms with E-state index in [1.807, 2.05) is 0 Å². The Balaban J connectivity index is 1.45. The maximum absolute atomic E-state index is 14.2. The SMILES string of the molecule is CN(C)C(=O)[C@H](Cc1ccccc1F)CN1CCC2(CC1)OCCc1cc(F)sc12. The fourth-order valence-corrected chi connectivity index (χ4v) is 5.83. The second-order valence-corrected chi connectivity index (χ2v) is 9.53. The van der Waals surface area contributed by atoms with Crippen LogP contribution in [-0.4, -0.2) is 56.0 Å². The number of hydrogen-bond donors (Lipinski definition) is 0. The van der Waals surface area contributed by atoms with Gasteiger partial charge in [0.05, 0.1) is 12.5 Å². The molecule has 0 saturated carbocycles. The third kappa shape index (κ3) is 4.29. The van der Waals surface area contributed by atoms with Crippen molar-refractivity contribution in [1.82, 2.24) is 9.80 Å². The Hall–Kier alpha value is -1.83. The van der Waals surface area contributed by atoms with Crippen LogP contribution < -0.4 is 0 Å². The summed E-state index contributed by atoms with van der Waals surface area (Å²) in [6.07, 6.45) is 2.70. The summed E-state index contributed by atoms with van der Waals surface area (Å²) < 4.78 is 34.2. The molecule has 1 saturated heterocycles. The van der Waals surface area contributed by atoms with Crippen molar-refractivity contribution in [2.75, 3.05) is 40.3 Å². The van der Waals surface area contributed by atoms with Crippen molar-refractivity contribution >= 4 is 17.2 Å². The molecule has 162 valence electrons. The molecule has 30 heavy (non-hydrogen) atoms. The number of ether oxygens (including phenoxy) is 1. The van der Waals surface area contributed by atoms with Gasteiger partial charge in [0, 0.05) is 38.6 Å². The van der Waals surface area contributed by atoms with E-state index in [0.29, 0.717) is 25.1 Å². The zero-order chi connectivity index (χ0) is 21.3. The molecule has 1 fully saturated rings. The standard InChI is InChI=1S/C23H28F2N2O2S/c1-26(2)22(28)18(13-16-5-3-4-6-19(16)24)15-27-10-8-23(9-11-27)21-17(7-12-29-23)14-20(25)30-21/h3-6,14,18H,7-13,15H2,1-2H3/t18-/m1/s1. The monoisotopic (exact) mass is 434 g/mol. The number of carbonyl (C=O) groups excluding carboxylic acids is 1. The highest BCUT2D eigenvalue weighted by molar-refractivity contribution is 7.10. The number of halogens is 2. The Morgan fingerprint density at radius 3 is 2.70 bits per heavy atom. The van der Waals surface area contributed by atoms with Crippen molar-refractivity contribution in [3.8, 4) is 0 Å². The van der Waals surface area contributed by atoms with E-state index in [1.165, 1.54) is 17.4 Å². The zero-order valence-electron chi connectivity index (χ0n) is 17.5. The lowest BCUT2D eigenvalue weighted by molar-refractivity contribution is -0.134. The third-order valence-electron chi connectivity index (χ3n) is 6.30. The van der Waals surface area contributed by atoms with Crippen LogP contribution >= 0.6 is 11.3 Å². The maximum Gasteiger partial charge on any atom is 0.226 e. The van der Waals surface area contributed by atoms with Crippen molar-refractivity contribution in [3.63, 3.8) is 0 Å². The highest BCUT2D eigenvalue weighted by Gasteiger charge is 2.43. The zero-order valence-corrected chi connectivity index (χ0v) is 18.3. The largest absolute Gasteiger partial charge is 0.369 e. The van der Waals surface area contributed by atoms with Gasteiger partial charge in [0.25, 0.3) is 0 Å². The normalized spacial score (nSPS) is 19.5. The summed E-state index contributed by atoms with van der Waals surface area (Å²) in [6, 6.07) is 8.31. The van der Waals surface area contributed by atoms with Crippen molar-refractivity contribution in [1.29, 1.82) is 0 Å². The Morgan fingerprint density at radius 2 is 2.00 bits per heavy atom. The molecule has 0 unspecified atom stereocenters. The van der Waals surface area contributed by atoms with Crippen LogP contribution in [0, 0.1) is 16.9 Å². The van der Waals surface area contributed by atoms with Crippen LogP contribution in [0.5, 0.6) is 0 Å². The molecule has 7 heteroatoms. The molecule has 1 atom stereocenters. The first-order chi connectivity index (χ1) is 14.4. The van der Waals surface area contributed by atoms with Crippen molar-refractivity contribution in [2.45, 2.75) is 31.3 Å². The lowest BCUT2D eigenvalue weighted by Gasteiger charge is -2.44. The average Bonchev–Trinajstić information content (AvgIpc) is 3.12. The predicted octanol–water partition coefficient (Wildman–Crippen LogP) is 3.84. The van der Waals surface area contributed by atoms with Crippen LogP contribution in [0.25, 0.3) is 0 Å². The first kappa shape index (κ1) is 21.4. The van der Waals surface area contributed by atoms with Crippen LogP contribution in [0.2, 0.25) is 0 Å². The van der Waals surface area contributed by atoms with Crippen LogP contribution in [0.15, 0.2) is 30.3 Å². The molecule has 2 aromatic rings. The van der Waals surface area contributed by atoms with Crippen LogP contribution in [-0.2, 0) is 28.0 Å². The van der Waals surface area contributed by atoms with Crippen LogP contribution in [0.4, 0.5) is 8.78 Å². The summed E-state index contributed by atoms with van der Waals surface area (Å²) >= 11 is 1.21. The van der Waals surface area contributed by atoms with E-state index in [1.54, 1.807) is 43.3 Å². The number of hydrogen-bond acceptors (Lipinski definition) is 4. The Bertz CT molecular complexity index is 906. The minimum absolute atomic E-state index is 0.00932. The molecule has 0 radical (unpaired) electrons. The molecule has 1 spiro atoms. The number of thiophene rings is 1. The molecule has 1 aromatic heterocycles. The fourth-order valence-electron chi connectivity index (χ4n) is 4.69. The fraction of sp³-hybridized carbons (Fsp3) is 0.522. The second kappa shape index (κ2) is 8.73. The highest BCUT2D eigenvalue weighted by atomic mass is 32.1. The topological polar surface area (TPSA) is 32.8 Å². The Labute approximate surface area is 180 Å².